The zero-order chi connectivity index (χ0) is 12.5. The van der Waals surface area contributed by atoms with Crippen LogP contribution in [-0.2, 0) is 0 Å². The van der Waals surface area contributed by atoms with Crippen molar-refractivity contribution in [3.05, 3.63) is 35.9 Å². The average molecular weight is 241 g/mol. The maximum atomic E-state index is 5.38. The van der Waals surface area contributed by atoms with Crippen LogP contribution in [0.5, 0.6) is 5.88 Å². The molecule has 0 saturated heterocycles. The monoisotopic (exact) mass is 241 g/mol. The Kier molecular flexibility index (Phi) is 2.70. The zero-order valence-electron chi connectivity index (χ0n) is 10.6. The van der Waals surface area contributed by atoms with Crippen LogP contribution in [0.15, 0.2) is 24.7 Å². The number of aromatic nitrogens is 3. The second-order valence-electron chi connectivity index (χ2n) is 4.59. The van der Waals surface area contributed by atoms with E-state index in [9.17, 15) is 0 Å². The first kappa shape index (κ1) is 11.1. The summed E-state index contributed by atoms with van der Waals surface area (Å²) in [6.45, 7) is 2.05. The normalized spacial score (nSPS) is 14.6. The van der Waals surface area contributed by atoms with Gasteiger partial charge in [0.25, 0.3) is 0 Å². The van der Waals surface area contributed by atoms with E-state index in [0.717, 1.165) is 22.5 Å². The lowest BCUT2D eigenvalue weighted by Gasteiger charge is -2.12. The maximum absolute atomic E-state index is 5.38. The standard InChI is InChI=1S/C14H15N3O/c1-9-4-3-7-15-12(9)11-13(10-5-6-10)16-8-17-14(11)18-2/h3-4,7-8,10H,5-6H2,1-2H3. The van der Waals surface area contributed by atoms with Crippen LogP contribution in [0.4, 0.5) is 0 Å². The van der Waals surface area contributed by atoms with Crippen molar-refractivity contribution in [1.82, 2.24) is 15.0 Å². The summed E-state index contributed by atoms with van der Waals surface area (Å²) in [5.41, 5.74) is 4.08. The van der Waals surface area contributed by atoms with E-state index in [0.29, 0.717) is 11.8 Å². The van der Waals surface area contributed by atoms with Crippen LogP contribution >= 0.6 is 0 Å². The van der Waals surface area contributed by atoms with Gasteiger partial charge in [0, 0.05) is 12.1 Å². The van der Waals surface area contributed by atoms with E-state index in [-0.39, 0.29) is 0 Å². The van der Waals surface area contributed by atoms with E-state index in [2.05, 4.69) is 15.0 Å². The van der Waals surface area contributed by atoms with Crippen molar-refractivity contribution in [2.75, 3.05) is 7.11 Å². The number of pyridine rings is 1. The fraction of sp³-hybridized carbons (Fsp3) is 0.357. The number of rotatable bonds is 3. The van der Waals surface area contributed by atoms with Crippen LogP contribution < -0.4 is 4.74 Å². The molecule has 92 valence electrons. The molecule has 2 aromatic rings. The van der Waals surface area contributed by atoms with Gasteiger partial charge in [0.15, 0.2) is 0 Å². The van der Waals surface area contributed by atoms with Gasteiger partial charge in [-0.1, -0.05) is 6.07 Å². The third-order valence-electron chi connectivity index (χ3n) is 3.25. The van der Waals surface area contributed by atoms with Gasteiger partial charge in [-0.3, -0.25) is 4.98 Å². The Balaban J connectivity index is 2.23. The largest absolute Gasteiger partial charge is 0.480 e. The average Bonchev–Trinajstić information content (AvgIpc) is 3.23. The van der Waals surface area contributed by atoms with E-state index in [1.807, 2.05) is 19.1 Å². The second kappa shape index (κ2) is 4.37. The summed E-state index contributed by atoms with van der Waals surface area (Å²) in [6.07, 6.45) is 5.76. The first-order valence-electron chi connectivity index (χ1n) is 6.12. The molecule has 0 aliphatic heterocycles. The molecule has 18 heavy (non-hydrogen) atoms. The third kappa shape index (κ3) is 1.83. The summed E-state index contributed by atoms with van der Waals surface area (Å²) in [5.74, 6) is 1.16. The molecular weight excluding hydrogens is 226 g/mol. The fourth-order valence-electron chi connectivity index (χ4n) is 2.17. The molecule has 0 N–H and O–H groups in total. The summed E-state index contributed by atoms with van der Waals surface area (Å²) in [4.78, 5) is 13.1. The molecule has 0 unspecified atom stereocenters. The number of ether oxygens (including phenoxy) is 1. The van der Waals surface area contributed by atoms with E-state index in [4.69, 9.17) is 4.74 Å². The number of hydrogen-bond acceptors (Lipinski definition) is 4. The molecule has 0 radical (unpaired) electrons. The lowest BCUT2D eigenvalue weighted by molar-refractivity contribution is 0.397. The van der Waals surface area contributed by atoms with Crippen molar-refractivity contribution in [2.24, 2.45) is 0 Å². The van der Waals surface area contributed by atoms with Crippen LogP contribution in [0.3, 0.4) is 0 Å². The first-order chi connectivity index (χ1) is 8.81. The molecular formula is C14H15N3O. The molecule has 2 aromatic heterocycles. The summed E-state index contributed by atoms with van der Waals surface area (Å²) in [5, 5.41) is 0. The number of methoxy groups -OCH3 is 1. The lowest BCUT2D eigenvalue weighted by Crippen LogP contribution is -2.01. The minimum atomic E-state index is 0.540. The molecule has 0 atom stereocenters. The van der Waals surface area contributed by atoms with Gasteiger partial charge in [0.1, 0.15) is 6.33 Å². The molecule has 0 amide bonds. The molecule has 0 bridgehead atoms. The minimum Gasteiger partial charge on any atom is -0.480 e. The van der Waals surface area contributed by atoms with Crippen LogP contribution in [-0.4, -0.2) is 22.1 Å². The predicted molar refractivity (Wildman–Crippen MR) is 68.5 cm³/mol. The van der Waals surface area contributed by atoms with Gasteiger partial charge >= 0.3 is 0 Å². The van der Waals surface area contributed by atoms with Crippen molar-refractivity contribution in [3.63, 3.8) is 0 Å². The maximum Gasteiger partial charge on any atom is 0.226 e. The van der Waals surface area contributed by atoms with Crippen LogP contribution in [0.1, 0.15) is 30.0 Å². The molecule has 1 aliphatic carbocycles. The van der Waals surface area contributed by atoms with Crippen molar-refractivity contribution in [3.8, 4) is 17.1 Å². The minimum absolute atomic E-state index is 0.540. The van der Waals surface area contributed by atoms with E-state index >= 15 is 0 Å². The molecule has 3 rings (SSSR count). The number of nitrogens with zero attached hydrogens (tertiary/aromatic N) is 3. The van der Waals surface area contributed by atoms with E-state index < -0.39 is 0 Å². The Morgan fingerprint density at radius 3 is 2.72 bits per heavy atom. The van der Waals surface area contributed by atoms with Crippen molar-refractivity contribution >= 4 is 0 Å². The highest BCUT2D eigenvalue weighted by Crippen LogP contribution is 2.45. The van der Waals surface area contributed by atoms with Gasteiger partial charge in [-0.25, -0.2) is 9.97 Å². The van der Waals surface area contributed by atoms with Gasteiger partial charge in [-0.05, 0) is 31.4 Å². The summed E-state index contributed by atoms with van der Waals surface area (Å²) in [7, 11) is 1.64. The highest BCUT2D eigenvalue weighted by Gasteiger charge is 2.31. The molecule has 4 heteroatoms. The molecule has 4 nitrogen and oxygen atoms in total. The first-order valence-corrected chi connectivity index (χ1v) is 6.12. The van der Waals surface area contributed by atoms with E-state index in [1.165, 1.54) is 12.8 Å². The predicted octanol–water partition coefficient (Wildman–Crippen LogP) is 2.73. The highest BCUT2D eigenvalue weighted by atomic mass is 16.5. The second-order valence-corrected chi connectivity index (χ2v) is 4.59. The van der Waals surface area contributed by atoms with Gasteiger partial charge in [-0.2, -0.15) is 0 Å². The summed E-state index contributed by atoms with van der Waals surface area (Å²) < 4.78 is 5.38. The fourth-order valence-corrected chi connectivity index (χ4v) is 2.17. The van der Waals surface area contributed by atoms with Crippen molar-refractivity contribution < 1.29 is 4.74 Å². The summed E-state index contributed by atoms with van der Waals surface area (Å²) >= 11 is 0. The molecule has 1 fully saturated rings. The Bertz CT molecular complexity index is 579. The smallest absolute Gasteiger partial charge is 0.226 e. The van der Waals surface area contributed by atoms with Gasteiger partial charge in [0.05, 0.1) is 24.1 Å². The van der Waals surface area contributed by atoms with Gasteiger partial charge < -0.3 is 4.74 Å². The summed E-state index contributed by atoms with van der Waals surface area (Å²) in [6, 6.07) is 3.98. The van der Waals surface area contributed by atoms with Gasteiger partial charge in [-0.15, -0.1) is 0 Å². The quantitative estimate of drug-likeness (QED) is 0.829. The molecule has 1 saturated carbocycles. The highest BCUT2D eigenvalue weighted by molar-refractivity contribution is 5.71. The Morgan fingerprint density at radius 1 is 1.22 bits per heavy atom. The topological polar surface area (TPSA) is 47.9 Å². The Labute approximate surface area is 106 Å². The third-order valence-corrected chi connectivity index (χ3v) is 3.25. The zero-order valence-corrected chi connectivity index (χ0v) is 10.6. The molecule has 0 spiro atoms. The Morgan fingerprint density at radius 2 is 2.06 bits per heavy atom. The van der Waals surface area contributed by atoms with Crippen LogP contribution in [0.2, 0.25) is 0 Å². The van der Waals surface area contributed by atoms with E-state index in [1.54, 1.807) is 19.6 Å². The van der Waals surface area contributed by atoms with Crippen LogP contribution in [0, 0.1) is 6.92 Å². The number of aryl methyl sites for hydroxylation is 1. The number of hydrogen-bond donors (Lipinski definition) is 0. The van der Waals surface area contributed by atoms with Crippen molar-refractivity contribution in [1.29, 1.82) is 0 Å². The van der Waals surface area contributed by atoms with Gasteiger partial charge in [0.2, 0.25) is 5.88 Å². The SMILES string of the molecule is COc1ncnc(C2CC2)c1-c1ncccc1C. The van der Waals surface area contributed by atoms with Crippen molar-refractivity contribution in [2.45, 2.75) is 25.7 Å². The molecule has 0 aromatic carbocycles. The van der Waals surface area contributed by atoms with Crippen LogP contribution in [0.25, 0.3) is 11.3 Å². The molecule has 2 heterocycles. The molecule has 1 aliphatic rings. The lowest BCUT2D eigenvalue weighted by atomic mass is 10.0. The Hall–Kier alpha value is -1.97.